The Labute approximate surface area is 350 Å². The van der Waals surface area contributed by atoms with Gasteiger partial charge in [-0.15, -0.1) is 11.8 Å². The number of nitro benzene ring substituents is 1. The van der Waals surface area contributed by atoms with Crippen molar-refractivity contribution in [2.45, 2.75) is 33.7 Å². The lowest BCUT2D eigenvalue weighted by atomic mass is 9.99. The Kier molecular flexibility index (Phi) is 14.1. The molecule has 0 radical (unpaired) electrons. The van der Waals surface area contributed by atoms with Crippen LogP contribution < -0.4 is 14.9 Å². The topological polar surface area (TPSA) is 162 Å². The van der Waals surface area contributed by atoms with Gasteiger partial charge in [0.15, 0.2) is 9.84 Å². The normalized spacial score (nSPS) is 14.2. The van der Waals surface area contributed by atoms with Crippen LogP contribution in [0.25, 0.3) is 11.1 Å². The fraction of sp³-hybridized carbons (Fsp3) is 0.279. The standard InChI is InChI=1S/C43H48N6O7S3/c1-46(2)24-23-35(31-57-37-10-5-4-6-11-37)44-41-22-21-39(29-42(41)49(51)52)59(55,56)45-43(50)33-13-17-36(18-14-33)48-27-25-47(26-28-48)30-34-9-7-8-12-40(34)32-15-19-38(20-16-32)58(3,53)54/h4-22,29,35,44H,23-28,30-31H2,1-3H3,(H,45,50)/t35-/m1/s1. The molecule has 0 aliphatic carbocycles. The number of sulfone groups is 1. The summed E-state index contributed by atoms with van der Waals surface area (Å²) < 4.78 is 52.7. The van der Waals surface area contributed by atoms with E-state index in [1.165, 1.54) is 18.4 Å². The predicted octanol–water partition coefficient (Wildman–Crippen LogP) is 6.63. The molecule has 1 saturated heterocycles. The molecule has 59 heavy (non-hydrogen) atoms. The molecule has 0 saturated carbocycles. The highest BCUT2D eigenvalue weighted by atomic mass is 32.2. The highest BCUT2D eigenvalue weighted by Gasteiger charge is 2.26. The average molecular weight is 857 g/mol. The number of carbonyl (C=O) groups excluding carboxylic acids is 1. The Morgan fingerprint density at radius 3 is 2.12 bits per heavy atom. The molecule has 5 aromatic carbocycles. The zero-order valence-corrected chi connectivity index (χ0v) is 35.6. The van der Waals surface area contributed by atoms with Crippen LogP contribution in [0.1, 0.15) is 22.3 Å². The van der Waals surface area contributed by atoms with E-state index in [2.05, 4.69) is 25.9 Å². The number of nitrogens with zero attached hydrogens (tertiary/aromatic N) is 4. The van der Waals surface area contributed by atoms with Gasteiger partial charge in [-0.3, -0.25) is 19.8 Å². The number of hydrogen-bond donors (Lipinski definition) is 2. The Morgan fingerprint density at radius 1 is 0.831 bits per heavy atom. The average Bonchev–Trinajstić information content (AvgIpc) is 3.22. The van der Waals surface area contributed by atoms with E-state index in [-0.39, 0.29) is 22.2 Å². The number of nitrogens with one attached hydrogen (secondary N) is 2. The van der Waals surface area contributed by atoms with Gasteiger partial charge in [0.05, 0.1) is 14.7 Å². The van der Waals surface area contributed by atoms with Crippen LogP contribution in [-0.4, -0.2) is 102 Å². The van der Waals surface area contributed by atoms with E-state index in [4.69, 9.17) is 0 Å². The molecule has 0 unspecified atom stereocenters. The highest BCUT2D eigenvalue weighted by Crippen LogP contribution is 2.31. The molecule has 1 aliphatic heterocycles. The third-order valence-corrected chi connectivity index (χ3v) is 13.7. The van der Waals surface area contributed by atoms with Gasteiger partial charge in [-0.05, 0) is 104 Å². The maximum Gasteiger partial charge on any atom is 0.293 e. The van der Waals surface area contributed by atoms with E-state index in [1.54, 1.807) is 48.2 Å². The van der Waals surface area contributed by atoms with Crippen LogP contribution in [0, 0.1) is 10.1 Å². The number of amides is 1. The lowest BCUT2D eigenvalue weighted by Gasteiger charge is -2.36. The van der Waals surface area contributed by atoms with Crippen molar-refractivity contribution in [1.82, 2.24) is 14.5 Å². The third-order valence-electron chi connectivity index (χ3n) is 10.1. The molecule has 0 aromatic heterocycles. The fourth-order valence-corrected chi connectivity index (χ4v) is 9.40. The van der Waals surface area contributed by atoms with Crippen LogP contribution in [0.2, 0.25) is 0 Å². The molecular weight excluding hydrogens is 809 g/mol. The first kappa shape index (κ1) is 43.3. The molecule has 1 atom stereocenters. The van der Waals surface area contributed by atoms with Crippen LogP contribution in [0.3, 0.4) is 0 Å². The predicted molar refractivity (Wildman–Crippen MR) is 234 cm³/mol. The van der Waals surface area contributed by atoms with Crippen molar-refractivity contribution in [1.29, 1.82) is 0 Å². The summed E-state index contributed by atoms with van der Waals surface area (Å²) in [6.07, 6.45) is 1.89. The second-order valence-corrected chi connectivity index (χ2v) is 19.5. The first-order valence-electron chi connectivity index (χ1n) is 19.1. The molecular formula is C43H48N6O7S3. The molecule has 5 aromatic rings. The minimum Gasteiger partial charge on any atom is -0.376 e. The van der Waals surface area contributed by atoms with Gasteiger partial charge < -0.3 is 15.1 Å². The van der Waals surface area contributed by atoms with Crippen LogP contribution in [0.5, 0.6) is 0 Å². The Balaban J connectivity index is 1.06. The quantitative estimate of drug-likeness (QED) is 0.0585. The van der Waals surface area contributed by atoms with Crippen molar-refractivity contribution in [2.75, 3.05) is 69.0 Å². The minimum absolute atomic E-state index is 0.129. The van der Waals surface area contributed by atoms with Gasteiger partial charge in [0.2, 0.25) is 0 Å². The summed E-state index contributed by atoms with van der Waals surface area (Å²) in [5.74, 6) is -0.221. The van der Waals surface area contributed by atoms with Gasteiger partial charge in [0, 0.05) is 73.0 Å². The van der Waals surface area contributed by atoms with Gasteiger partial charge in [-0.25, -0.2) is 21.6 Å². The highest BCUT2D eigenvalue weighted by molar-refractivity contribution is 7.99. The molecule has 1 amide bonds. The molecule has 6 rings (SSSR count). The van der Waals surface area contributed by atoms with Gasteiger partial charge in [0.1, 0.15) is 5.69 Å². The van der Waals surface area contributed by atoms with Crippen molar-refractivity contribution in [3.05, 3.63) is 143 Å². The number of rotatable bonds is 17. The van der Waals surface area contributed by atoms with Gasteiger partial charge in [-0.2, -0.15) is 0 Å². The summed E-state index contributed by atoms with van der Waals surface area (Å²) in [6, 6.07) is 35.0. The van der Waals surface area contributed by atoms with Crippen molar-refractivity contribution >= 4 is 54.6 Å². The number of anilines is 2. The van der Waals surface area contributed by atoms with E-state index >= 15 is 0 Å². The van der Waals surface area contributed by atoms with E-state index in [0.29, 0.717) is 12.2 Å². The molecule has 0 bridgehead atoms. The van der Waals surface area contributed by atoms with Crippen LogP contribution in [-0.2, 0) is 26.4 Å². The van der Waals surface area contributed by atoms with Crippen LogP contribution in [0.15, 0.2) is 136 Å². The molecule has 1 fully saturated rings. The van der Waals surface area contributed by atoms with Crippen LogP contribution >= 0.6 is 11.8 Å². The molecule has 0 spiro atoms. The first-order chi connectivity index (χ1) is 28.2. The summed E-state index contributed by atoms with van der Waals surface area (Å²) in [5, 5.41) is 15.4. The number of piperazine rings is 1. The molecule has 310 valence electrons. The second-order valence-electron chi connectivity index (χ2n) is 14.7. The number of benzene rings is 5. The van der Waals surface area contributed by atoms with Gasteiger partial charge in [0.25, 0.3) is 21.6 Å². The maximum absolute atomic E-state index is 13.4. The summed E-state index contributed by atoms with van der Waals surface area (Å²) in [7, 11) is -3.83. The molecule has 1 heterocycles. The zero-order chi connectivity index (χ0) is 42.2. The van der Waals surface area contributed by atoms with Crippen molar-refractivity contribution in [3.8, 4) is 11.1 Å². The van der Waals surface area contributed by atoms with E-state index in [9.17, 15) is 31.7 Å². The summed E-state index contributed by atoms with van der Waals surface area (Å²) in [4.78, 5) is 32.3. The molecule has 2 N–H and O–H groups in total. The molecule has 1 aliphatic rings. The molecule has 16 heteroatoms. The zero-order valence-electron chi connectivity index (χ0n) is 33.2. The number of sulfonamides is 1. The van der Waals surface area contributed by atoms with E-state index in [0.717, 1.165) is 72.6 Å². The Morgan fingerprint density at radius 2 is 1.47 bits per heavy atom. The Hall–Kier alpha value is -5.26. The smallest absolute Gasteiger partial charge is 0.293 e. The largest absolute Gasteiger partial charge is 0.376 e. The van der Waals surface area contributed by atoms with Crippen molar-refractivity contribution < 1.29 is 26.6 Å². The van der Waals surface area contributed by atoms with E-state index < -0.39 is 41.3 Å². The summed E-state index contributed by atoms with van der Waals surface area (Å²) in [6.45, 7) is 4.49. The first-order valence-corrected chi connectivity index (χ1v) is 23.4. The monoisotopic (exact) mass is 856 g/mol. The van der Waals surface area contributed by atoms with Crippen LogP contribution in [0.4, 0.5) is 17.1 Å². The SMILES string of the molecule is CN(C)CC[C@H](CSc1ccccc1)Nc1ccc(S(=O)(=O)NC(=O)c2ccc(N3CCN(Cc4ccccc4-c4ccc(S(C)(=O)=O)cc4)CC3)cc2)cc1[N+](=O)[O-]. The third kappa shape index (κ3) is 11.7. The fourth-order valence-electron chi connectivity index (χ4n) is 6.79. The van der Waals surface area contributed by atoms with E-state index in [1.807, 2.05) is 79.7 Å². The molecule has 13 nitrogen and oxygen atoms in total. The second kappa shape index (κ2) is 19.2. The van der Waals surface area contributed by atoms with Crippen molar-refractivity contribution in [3.63, 3.8) is 0 Å². The van der Waals surface area contributed by atoms with Gasteiger partial charge >= 0.3 is 0 Å². The lowest BCUT2D eigenvalue weighted by Crippen LogP contribution is -2.46. The lowest BCUT2D eigenvalue weighted by molar-refractivity contribution is -0.384. The summed E-state index contributed by atoms with van der Waals surface area (Å²) in [5.41, 5.74) is 3.94. The summed E-state index contributed by atoms with van der Waals surface area (Å²) >= 11 is 1.62. The number of carbonyl (C=O) groups is 1. The van der Waals surface area contributed by atoms with Crippen molar-refractivity contribution in [2.24, 2.45) is 0 Å². The number of thioether (sulfide) groups is 1. The van der Waals surface area contributed by atoms with Gasteiger partial charge in [-0.1, -0.05) is 54.6 Å². The Bertz CT molecular complexity index is 2460. The number of nitro groups is 1. The maximum atomic E-state index is 13.4. The number of hydrogen-bond acceptors (Lipinski definition) is 12. The minimum atomic E-state index is -4.45.